The third kappa shape index (κ3) is 0.772. The summed E-state index contributed by atoms with van der Waals surface area (Å²) in [6.07, 6.45) is 6.83. The second-order valence-corrected chi connectivity index (χ2v) is 3.15. The van der Waals surface area contributed by atoms with E-state index in [1.807, 2.05) is 11.9 Å². The van der Waals surface area contributed by atoms with Gasteiger partial charge in [0.25, 0.3) is 0 Å². The number of allylic oxidation sites excluding steroid dienone is 1. The number of nitrogens with zero attached hydrogens (tertiary/aromatic N) is 1. The summed E-state index contributed by atoms with van der Waals surface area (Å²) in [7, 11) is 2.01. The molecule has 0 aromatic rings. The molecule has 1 spiro atoms. The van der Waals surface area contributed by atoms with Gasteiger partial charge in [-0.3, -0.25) is 0 Å². The van der Waals surface area contributed by atoms with Crippen molar-refractivity contribution in [2.45, 2.75) is 12.8 Å². The maximum absolute atomic E-state index is 3.87. The molecule has 2 rings (SSSR count). The summed E-state index contributed by atoms with van der Waals surface area (Å²) in [6.45, 7) is 7.23. The van der Waals surface area contributed by atoms with Crippen LogP contribution >= 0.6 is 0 Å². The average Bonchev–Trinajstić information content (AvgIpc) is 2.62. The molecule has 1 fully saturated rings. The standard InChI is InChI=1S/C9H11N/c1-8-3-4-9(5-6-9)7-10(8)2/h3-4H,1,5-6H2,2H3. The first-order valence-corrected chi connectivity index (χ1v) is 3.62. The number of hydrogen-bond acceptors (Lipinski definition) is 1. The van der Waals surface area contributed by atoms with Gasteiger partial charge in [-0.2, -0.15) is 0 Å². The van der Waals surface area contributed by atoms with Crippen LogP contribution in [0.15, 0.2) is 24.4 Å². The molecular weight excluding hydrogens is 122 g/mol. The van der Waals surface area contributed by atoms with Crippen molar-refractivity contribution in [2.75, 3.05) is 7.05 Å². The van der Waals surface area contributed by atoms with Gasteiger partial charge in [-0.1, -0.05) is 12.7 Å². The fourth-order valence-electron chi connectivity index (χ4n) is 1.22. The van der Waals surface area contributed by atoms with Gasteiger partial charge in [0.15, 0.2) is 0 Å². The minimum Gasteiger partial charge on any atom is -0.364 e. The highest BCUT2D eigenvalue weighted by molar-refractivity contribution is 5.29. The van der Waals surface area contributed by atoms with E-state index in [-0.39, 0.29) is 0 Å². The maximum Gasteiger partial charge on any atom is 0.102 e. The molecule has 2 aliphatic rings. The van der Waals surface area contributed by atoms with Crippen LogP contribution < -0.4 is 0 Å². The van der Waals surface area contributed by atoms with Crippen molar-refractivity contribution in [2.24, 2.45) is 5.41 Å². The van der Waals surface area contributed by atoms with Crippen LogP contribution in [0.1, 0.15) is 12.8 Å². The summed E-state index contributed by atoms with van der Waals surface area (Å²) in [5.74, 6) is 0. The molecule has 0 N–H and O–H groups in total. The van der Waals surface area contributed by atoms with E-state index in [2.05, 4.69) is 25.3 Å². The molecule has 0 amide bonds. The molecule has 0 atom stereocenters. The van der Waals surface area contributed by atoms with Gasteiger partial charge in [0.2, 0.25) is 0 Å². The highest BCUT2D eigenvalue weighted by Crippen LogP contribution is 2.52. The van der Waals surface area contributed by atoms with Gasteiger partial charge in [-0.05, 0) is 18.9 Å². The first kappa shape index (κ1) is 6.02. The van der Waals surface area contributed by atoms with Gasteiger partial charge >= 0.3 is 0 Å². The third-order valence-corrected chi connectivity index (χ3v) is 2.20. The normalized spacial score (nSPS) is 27.7. The van der Waals surface area contributed by atoms with E-state index >= 15 is 0 Å². The molecular formula is C9H11N. The zero-order valence-corrected chi connectivity index (χ0v) is 6.22. The number of hydrogen-bond donors (Lipinski definition) is 0. The molecule has 1 saturated carbocycles. The number of rotatable bonds is 0. The average molecular weight is 133 g/mol. The van der Waals surface area contributed by atoms with Gasteiger partial charge in [-0.25, -0.2) is 0 Å². The zero-order valence-electron chi connectivity index (χ0n) is 6.22. The van der Waals surface area contributed by atoms with Gasteiger partial charge in [0.1, 0.15) is 6.54 Å². The van der Waals surface area contributed by atoms with E-state index in [4.69, 9.17) is 0 Å². The Morgan fingerprint density at radius 3 is 2.90 bits per heavy atom. The molecule has 10 heavy (non-hydrogen) atoms. The molecule has 2 radical (unpaired) electrons. The Hall–Kier alpha value is -0.720. The van der Waals surface area contributed by atoms with E-state index in [1.165, 1.54) is 12.8 Å². The van der Waals surface area contributed by atoms with Crippen molar-refractivity contribution < 1.29 is 0 Å². The fourth-order valence-corrected chi connectivity index (χ4v) is 1.22. The maximum atomic E-state index is 3.87. The molecule has 52 valence electrons. The van der Waals surface area contributed by atoms with Crippen molar-refractivity contribution in [3.05, 3.63) is 31.0 Å². The van der Waals surface area contributed by atoms with Crippen LogP contribution in [-0.2, 0) is 0 Å². The van der Waals surface area contributed by atoms with E-state index < -0.39 is 0 Å². The van der Waals surface area contributed by atoms with Crippen LogP contribution in [-0.4, -0.2) is 11.9 Å². The SMILES string of the molecule is C=C1C=CC2([C]N1C)CC2. The predicted molar refractivity (Wildman–Crippen MR) is 41.0 cm³/mol. The largest absolute Gasteiger partial charge is 0.364 e. The molecule has 1 aliphatic heterocycles. The van der Waals surface area contributed by atoms with Crippen molar-refractivity contribution in [1.29, 1.82) is 0 Å². The molecule has 1 nitrogen and oxygen atoms in total. The molecule has 0 saturated heterocycles. The summed E-state index contributed by atoms with van der Waals surface area (Å²) in [6, 6.07) is 0. The molecule has 0 aromatic heterocycles. The Bertz CT molecular complexity index is 199. The smallest absolute Gasteiger partial charge is 0.102 e. The van der Waals surface area contributed by atoms with Crippen LogP contribution in [0.5, 0.6) is 0 Å². The first-order valence-electron chi connectivity index (χ1n) is 3.62. The van der Waals surface area contributed by atoms with E-state index in [1.54, 1.807) is 0 Å². The number of likely N-dealkylation sites (N-methyl/N-ethyl adjacent to an activating group) is 1. The van der Waals surface area contributed by atoms with Gasteiger partial charge in [0.05, 0.1) is 0 Å². The molecule has 0 unspecified atom stereocenters. The van der Waals surface area contributed by atoms with Crippen LogP contribution in [0.25, 0.3) is 0 Å². The molecule has 1 heteroatoms. The summed E-state index contributed by atoms with van der Waals surface area (Å²) in [5, 5.41) is 0. The Labute approximate surface area is 62.0 Å². The summed E-state index contributed by atoms with van der Waals surface area (Å²) >= 11 is 0. The Kier molecular flexibility index (Phi) is 0.997. The fraction of sp³-hybridized carbons (Fsp3) is 0.444. The lowest BCUT2D eigenvalue weighted by atomic mass is 10.0. The van der Waals surface area contributed by atoms with Crippen molar-refractivity contribution in [3.63, 3.8) is 0 Å². The molecule has 1 heterocycles. The monoisotopic (exact) mass is 133 g/mol. The van der Waals surface area contributed by atoms with Crippen molar-refractivity contribution in [3.8, 4) is 0 Å². The minimum absolute atomic E-state index is 0.315. The third-order valence-electron chi connectivity index (χ3n) is 2.20. The van der Waals surface area contributed by atoms with Crippen LogP contribution in [0, 0.1) is 12.0 Å². The van der Waals surface area contributed by atoms with Gasteiger partial charge < -0.3 is 4.90 Å². The zero-order chi connectivity index (χ0) is 7.19. The molecule has 1 aliphatic carbocycles. The predicted octanol–water partition coefficient (Wildman–Crippen LogP) is 1.82. The van der Waals surface area contributed by atoms with Crippen molar-refractivity contribution in [1.82, 2.24) is 4.90 Å². The minimum atomic E-state index is 0.315. The van der Waals surface area contributed by atoms with Crippen molar-refractivity contribution >= 4 is 0 Å². The second-order valence-electron chi connectivity index (χ2n) is 3.15. The van der Waals surface area contributed by atoms with Crippen LogP contribution in [0.2, 0.25) is 0 Å². The summed E-state index contributed by atoms with van der Waals surface area (Å²) < 4.78 is 0. The highest BCUT2D eigenvalue weighted by atomic mass is 15.1. The Morgan fingerprint density at radius 1 is 1.70 bits per heavy atom. The lowest BCUT2D eigenvalue weighted by molar-refractivity contribution is 0.434. The highest BCUT2D eigenvalue weighted by Gasteiger charge is 2.43. The Balaban J connectivity index is 2.21. The van der Waals surface area contributed by atoms with E-state index in [9.17, 15) is 0 Å². The Morgan fingerprint density at radius 2 is 2.40 bits per heavy atom. The lowest BCUT2D eigenvalue weighted by Gasteiger charge is -2.26. The topological polar surface area (TPSA) is 3.24 Å². The van der Waals surface area contributed by atoms with Gasteiger partial charge in [-0.15, -0.1) is 0 Å². The molecule has 0 aromatic carbocycles. The molecule has 0 bridgehead atoms. The lowest BCUT2D eigenvalue weighted by Crippen LogP contribution is -2.21. The quantitative estimate of drug-likeness (QED) is 0.487. The van der Waals surface area contributed by atoms with Crippen LogP contribution in [0.3, 0.4) is 0 Å². The summed E-state index contributed by atoms with van der Waals surface area (Å²) in [4.78, 5) is 1.99. The van der Waals surface area contributed by atoms with E-state index in [0.717, 1.165) is 5.70 Å². The van der Waals surface area contributed by atoms with Gasteiger partial charge in [0, 0.05) is 18.2 Å². The van der Waals surface area contributed by atoms with Crippen LogP contribution in [0.4, 0.5) is 0 Å². The second kappa shape index (κ2) is 1.66. The summed E-state index contributed by atoms with van der Waals surface area (Å²) in [5.41, 5.74) is 1.35. The first-order chi connectivity index (χ1) is 4.72. The van der Waals surface area contributed by atoms with E-state index in [0.29, 0.717) is 5.41 Å².